The number of allylic oxidation sites excluding steroid dienone is 1. The van der Waals surface area contributed by atoms with Crippen molar-refractivity contribution in [1.82, 2.24) is 5.32 Å². The molecule has 0 aliphatic carbocycles. The Morgan fingerprint density at radius 2 is 0.696 bits per heavy atom. The summed E-state index contributed by atoms with van der Waals surface area (Å²) < 4.78 is 0. The highest BCUT2D eigenvalue weighted by molar-refractivity contribution is 5.80. The zero-order valence-corrected chi connectivity index (χ0v) is 38.0. The van der Waals surface area contributed by atoms with E-state index in [1.165, 1.54) is 231 Å². The van der Waals surface area contributed by atoms with E-state index in [1.54, 1.807) is 6.08 Å². The Balaban J connectivity index is 3.50. The molecule has 5 nitrogen and oxygen atoms in total. The Labute approximate surface area is 350 Å². The Kier molecular flexibility index (Phi) is 46.0. The van der Waals surface area contributed by atoms with Gasteiger partial charge in [0.1, 0.15) is 6.10 Å². The van der Waals surface area contributed by atoms with Crippen molar-refractivity contribution in [2.75, 3.05) is 6.61 Å². The van der Waals surface area contributed by atoms with Crippen LogP contribution in [0.15, 0.2) is 12.2 Å². The lowest BCUT2D eigenvalue weighted by molar-refractivity contribution is -0.131. The van der Waals surface area contributed by atoms with Gasteiger partial charge in [-0.3, -0.25) is 4.79 Å². The van der Waals surface area contributed by atoms with E-state index in [-0.39, 0.29) is 6.61 Å². The van der Waals surface area contributed by atoms with Gasteiger partial charge in [-0.25, -0.2) is 0 Å². The molecule has 0 heterocycles. The Bertz CT molecular complexity index is 788. The average molecular weight is 792 g/mol. The fourth-order valence-electron chi connectivity index (χ4n) is 8.13. The summed E-state index contributed by atoms with van der Waals surface area (Å²) in [5.74, 6) is -0.498. The number of amides is 1. The molecule has 56 heavy (non-hydrogen) atoms. The molecular formula is C51H101NO4. The molecule has 0 aromatic rings. The van der Waals surface area contributed by atoms with Crippen LogP contribution in [0.2, 0.25) is 0 Å². The summed E-state index contributed by atoms with van der Waals surface area (Å²) >= 11 is 0. The molecule has 0 aliphatic rings. The van der Waals surface area contributed by atoms with E-state index >= 15 is 0 Å². The molecule has 0 spiro atoms. The maximum atomic E-state index is 12.5. The number of hydrogen-bond acceptors (Lipinski definition) is 4. The highest BCUT2D eigenvalue weighted by atomic mass is 16.3. The minimum atomic E-state index is -1.09. The number of aliphatic hydroxyl groups excluding tert-OH is 3. The van der Waals surface area contributed by atoms with Crippen LogP contribution in [0, 0.1) is 0 Å². The third-order valence-corrected chi connectivity index (χ3v) is 12.1. The average Bonchev–Trinajstić information content (AvgIpc) is 3.20. The van der Waals surface area contributed by atoms with Gasteiger partial charge in [-0.2, -0.15) is 0 Å². The van der Waals surface area contributed by atoms with Crippen molar-refractivity contribution in [3.63, 3.8) is 0 Å². The van der Waals surface area contributed by atoms with Crippen LogP contribution in [0.3, 0.4) is 0 Å². The SMILES string of the molecule is CCCCCCCCCCCCC/C=C/C(O)C(CO)NC(=O)C(O)CCCCCCCCCCCCCCCCCCCCCCCCCCCCCCC. The highest BCUT2D eigenvalue weighted by Gasteiger charge is 2.22. The predicted molar refractivity (Wildman–Crippen MR) is 245 cm³/mol. The fourth-order valence-corrected chi connectivity index (χ4v) is 8.13. The van der Waals surface area contributed by atoms with E-state index < -0.39 is 24.2 Å². The van der Waals surface area contributed by atoms with Gasteiger partial charge in [0.05, 0.1) is 18.8 Å². The second-order valence-corrected chi connectivity index (χ2v) is 17.7. The minimum absolute atomic E-state index is 0.359. The molecule has 4 N–H and O–H groups in total. The lowest BCUT2D eigenvalue weighted by Crippen LogP contribution is -2.48. The fraction of sp³-hybridized carbons (Fsp3) is 0.941. The molecule has 0 aromatic heterocycles. The normalized spacial score (nSPS) is 13.4. The molecule has 3 atom stereocenters. The van der Waals surface area contributed by atoms with E-state index in [4.69, 9.17) is 0 Å². The molecule has 0 aromatic carbocycles. The third kappa shape index (κ3) is 41.3. The number of carbonyl (C=O) groups excluding carboxylic acids is 1. The Morgan fingerprint density at radius 3 is 0.982 bits per heavy atom. The Hall–Kier alpha value is -0.910. The minimum Gasteiger partial charge on any atom is -0.394 e. The maximum absolute atomic E-state index is 12.5. The monoisotopic (exact) mass is 792 g/mol. The molecule has 0 saturated carbocycles. The van der Waals surface area contributed by atoms with Gasteiger partial charge in [0.25, 0.3) is 0 Å². The molecule has 0 radical (unpaired) electrons. The van der Waals surface area contributed by atoms with Gasteiger partial charge in [0.2, 0.25) is 5.91 Å². The second-order valence-electron chi connectivity index (χ2n) is 17.7. The largest absolute Gasteiger partial charge is 0.394 e. The van der Waals surface area contributed by atoms with Crippen LogP contribution in [-0.4, -0.2) is 46.1 Å². The smallest absolute Gasteiger partial charge is 0.249 e. The van der Waals surface area contributed by atoms with Crippen molar-refractivity contribution in [3.8, 4) is 0 Å². The lowest BCUT2D eigenvalue weighted by Gasteiger charge is -2.21. The van der Waals surface area contributed by atoms with Crippen molar-refractivity contribution in [2.45, 2.75) is 302 Å². The van der Waals surface area contributed by atoms with E-state index in [2.05, 4.69) is 19.2 Å². The Morgan fingerprint density at radius 1 is 0.429 bits per heavy atom. The number of hydrogen-bond donors (Lipinski definition) is 4. The van der Waals surface area contributed by atoms with Gasteiger partial charge in [-0.1, -0.05) is 276 Å². The van der Waals surface area contributed by atoms with Crippen molar-refractivity contribution >= 4 is 5.91 Å². The molecule has 0 fully saturated rings. The summed E-state index contributed by atoms with van der Waals surface area (Å²) in [6.45, 7) is 4.20. The summed E-state index contributed by atoms with van der Waals surface area (Å²) in [6, 6.07) is -0.792. The van der Waals surface area contributed by atoms with Crippen LogP contribution in [0.25, 0.3) is 0 Å². The van der Waals surface area contributed by atoms with E-state index in [0.717, 1.165) is 32.1 Å². The molecule has 0 rings (SSSR count). The van der Waals surface area contributed by atoms with Gasteiger partial charge in [-0.05, 0) is 19.3 Å². The molecule has 334 valence electrons. The topological polar surface area (TPSA) is 89.8 Å². The van der Waals surface area contributed by atoms with E-state index in [1.807, 2.05) is 6.08 Å². The van der Waals surface area contributed by atoms with Crippen molar-refractivity contribution < 1.29 is 20.1 Å². The summed E-state index contributed by atoms with van der Waals surface area (Å²) in [7, 11) is 0. The summed E-state index contributed by atoms with van der Waals surface area (Å²) in [5, 5.41) is 33.2. The number of rotatable bonds is 47. The molecule has 0 bridgehead atoms. The van der Waals surface area contributed by atoms with Crippen LogP contribution < -0.4 is 5.32 Å². The number of aliphatic hydroxyl groups is 3. The van der Waals surface area contributed by atoms with Crippen LogP contribution in [0.4, 0.5) is 0 Å². The van der Waals surface area contributed by atoms with Crippen molar-refractivity contribution in [1.29, 1.82) is 0 Å². The molecule has 5 heteroatoms. The van der Waals surface area contributed by atoms with Crippen molar-refractivity contribution in [2.24, 2.45) is 0 Å². The third-order valence-electron chi connectivity index (χ3n) is 12.1. The van der Waals surface area contributed by atoms with Crippen LogP contribution in [0.1, 0.15) is 284 Å². The molecule has 1 amide bonds. The van der Waals surface area contributed by atoms with Crippen LogP contribution >= 0.6 is 0 Å². The zero-order valence-electron chi connectivity index (χ0n) is 38.0. The second kappa shape index (κ2) is 46.8. The number of nitrogens with one attached hydrogen (secondary N) is 1. The van der Waals surface area contributed by atoms with E-state index in [0.29, 0.717) is 6.42 Å². The molecule has 0 saturated heterocycles. The number of unbranched alkanes of at least 4 members (excludes halogenated alkanes) is 39. The van der Waals surface area contributed by atoms with Gasteiger partial charge in [0.15, 0.2) is 0 Å². The molecule has 3 unspecified atom stereocenters. The molecule has 0 aliphatic heterocycles. The summed E-state index contributed by atoms with van der Waals surface area (Å²) in [5.41, 5.74) is 0. The zero-order chi connectivity index (χ0) is 40.8. The lowest BCUT2D eigenvalue weighted by atomic mass is 10.0. The van der Waals surface area contributed by atoms with Gasteiger partial charge < -0.3 is 20.6 Å². The summed E-state index contributed by atoms with van der Waals surface area (Å²) in [6.07, 6.45) is 57.1. The van der Waals surface area contributed by atoms with Crippen molar-refractivity contribution in [3.05, 3.63) is 12.2 Å². The van der Waals surface area contributed by atoms with E-state index in [9.17, 15) is 20.1 Å². The quantitative estimate of drug-likeness (QED) is 0.0365. The molecular weight excluding hydrogens is 691 g/mol. The first kappa shape index (κ1) is 55.1. The van der Waals surface area contributed by atoms with Gasteiger partial charge >= 0.3 is 0 Å². The number of carbonyl (C=O) groups is 1. The first-order valence-corrected chi connectivity index (χ1v) is 25.5. The summed E-state index contributed by atoms with van der Waals surface area (Å²) in [4.78, 5) is 12.5. The first-order valence-electron chi connectivity index (χ1n) is 25.5. The van der Waals surface area contributed by atoms with Gasteiger partial charge in [0, 0.05) is 0 Å². The highest BCUT2D eigenvalue weighted by Crippen LogP contribution is 2.17. The predicted octanol–water partition coefficient (Wildman–Crippen LogP) is 15.2. The standard InChI is InChI=1S/C51H101NO4/c1-3-5-7-9-11-13-15-17-18-19-20-21-22-23-24-25-26-27-28-29-30-31-32-34-36-38-40-42-44-46-50(55)51(56)52-48(47-53)49(54)45-43-41-39-37-35-33-16-14-12-10-8-6-4-2/h43,45,48-50,53-55H,3-42,44,46-47H2,1-2H3,(H,52,56)/b45-43+. The van der Waals surface area contributed by atoms with Gasteiger partial charge in [-0.15, -0.1) is 0 Å². The first-order chi connectivity index (χ1) is 27.6. The van der Waals surface area contributed by atoms with Crippen LogP contribution in [0.5, 0.6) is 0 Å². The maximum Gasteiger partial charge on any atom is 0.249 e. The van der Waals surface area contributed by atoms with Crippen LogP contribution in [-0.2, 0) is 4.79 Å².